The van der Waals surface area contributed by atoms with Gasteiger partial charge in [-0.1, -0.05) is 19.9 Å². The second-order valence-corrected chi connectivity index (χ2v) is 5.15. The van der Waals surface area contributed by atoms with Crippen molar-refractivity contribution >= 4 is 0 Å². The van der Waals surface area contributed by atoms with E-state index in [0.717, 1.165) is 31.7 Å². The fourth-order valence-electron chi connectivity index (χ4n) is 2.30. The van der Waals surface area contributed by atoms with Crippen molar-refractivity contribution in [2.24, 2.45) is 0 Å². The number of nitrogens with one attached hydrogen (secondary N) is 1. The Hall–Kier alpha value is -1.26. The van der Waals surface area contributed by atoms with Crippen LogP contribution in [0, 0.1) is 0 Å². The van der Waals surface area contributed by atoms with Crippen LogP contribution in [0.1, 0.15) is 39.2 Å². The molecule has 0 aliphatic rings. The third-order valence-electron chi connectivity index (χ3n) is 3.63. The number of hydrogen-bond acceptors (Lipinski definition) is 4. The number of rotatable bonds is 11. The molecule has 1 aromatic carbocycles. The first-order valence-corrected chi connectivity index (χ1v) is 8.09. The predicted molar refractivity (Wildman–Crippen MR) is 88.0 cm³/mol. The third kappa shape index (κ3) is 6.82. The summed E-state index contributed by atoms with van der Waals surface area (Å²) in [4.78, 5) is 2.45. The van der Waals surface area contributed by atoms with Crippen molar-refractivity contribution in [2.75, 3.05) is 32.8 Å². The molecular weight excluding hydrogens is 264 g/mol. The summed E-state index contributed by atoms with van der Waals surface area (Å²) in [6, 6.07) is 5.53. The number of phenolic OH excluding ortho intramolecular Hbond substituents is 1. The number of hydrogen-bond donors (Lipinski definition) is 2. The zero-order valence-electron chi connectivity index (χ0n) is 13.7. The van der Waals surface area contributed by atoms with Crippen molar-refractivity contribution in [1.82, 2.24) is 10.2 Å². The SMILES string of the molecule is CCOc1cc(CNCCCCN(CC)CC)ccc1O. The summed E-state index contributed by atoms with van der Waals surface area (Å²) in [5.74, 6) is 0.776. The van der Waals surface area contributed by atoms with E-state index >= 15 is 0 Å². The molecule has 0 amide bonds. The van der Waals surface area contributed by atoms with Gasteiger partial charge in [-0.2, -0.15) is 0 Å². The molecule has 4 nitrogen and oxygen atoms in total. The van der Waals surface area contributed by atoms with Crippen LogP contribution in [0.3, 0.4) is 0 Å². The topological polar surface area (TPSA) is 44.7 Å². The second kappa shape index (κ2) is 10.5. The molecular formula is C17H30N2O2. The van der Waals surface area contributed by atoms with E-state index in [0.29, 0.717) is 12.4 Å². The van der Waals surface area contributed by atoms with Gasteiger partial charge in [0.2, 0.25) is 0 Å². The maximum Gasteiger partial charge on any atom is 0.161 e. The van der Waals surface area contributed by atoms with Gasteiger partial charge in [-0.05, 0) is 63.6 Å². The number of aromatic hydroxyl groups is 1. The lowest BCUT2D eigenvalue weighted by Crippen LogP contribution is -2.25. The van der Waals surface area contributed by atoms with Crippen LogP contribution in [0.5, 0.6) is 11.5 Å². The van der Waals surface area contributed by atoms with Crippen molar-refractivity contribution in [3.63, 3.8) is 0 Å². The minimum atomic E-state index is 0.208. The van der Waals surface area contributed by atoms with Crippen molar-refractivity contribution in [1.29, 1.82) is 0 Å². The predicted octanol–water partition coefficient (Wildman–Crippen LogP) is 3.00. The molecule has 0 bridgehead atoms. The summed E-state index contributed by atoms with van der Waals surface area (Å²) in [6.45, 7) is 12.2. The molecule has 0 heterocycles. The maximum absolute atomic E-state index is 9.66. The van der Waals surface area contributed by atoms with E-state index in [1.165, 1.54) is 19.4 Å². The Morgan fingerprint density at radius 3 is 2.57 bits per heavy atom. The van der Waals surface area contributed by atoms with Crippen molar-refractivity contribution in [3.8, 4) is 11.5 Å². The highest BCUT2D eigenvalue weighted by atomic mass is 16.5. The molecule has 0 unspecified atom stereocenters. The van der Waals surface area contributed by atoms with Crippen molar-refractivity contribution < 1.29 is 9.84 Å². The lowest BCUT2D eigenvalue weighted by molar-refractivity contribution is 0.296. The normalized spacial score (nSPS) is 11.0. The lowest BCUT2D eigenvalue weighted by atomic mass is 10.2. The number of phenols is 1. The van der Waals surface area contributed by atoms with Crippen LogP contribution < -0.4 is 10.1 Å². The van der Waals surface area contributed by atoms with Gasteiger partial charge in [-0.15, -0.1) is 0 Å². The van der Waals surface area contributed by atoms with E-state index in [9.17, 15) is 5.11 Å². The van der Waals surface area contributed by atoms with Crippen LogP contribution in [0.15, 0.2) is 18.2 Å². The zero-order valence-corrected chi connectivity index (χ0v) is 13.7. The van der Waals surface area contributed by atoms with Crippen LogP contribution in [-0.4, -0.2) is 42.8 Å². The van der Waals surface area contributed by atoms with Gasteiger partial charge in [-0.3, -0.25) is 0 Å². The third-order valence-corrected chi connectivity index (χ3v) is 3.63. The Labute approximate surface area is 129 Å². The lowest BCUT2D eigenvalue weighted by Gasteiger charge is -2.17. The van der Waals surface area contributed by atoms with E-state index in [1.807, 2.05) is 19.1 Å². The molecule has 0 spiro atoms. The van der Waals surface area contributed by atoms with Gasteiger partial charge in [0.1, 0.15) is 0 Å². The largest absolute Gasteiger partial charge is 0.504 e. The molecule has 0 saturated carbocycles. The summed E-state index contributed by atoms with van der Waals surface area (Å²) in [5.41, 5.74) is 1.14. The fourth-order valence-corrected chi connectivity index (χ4v) is 2.30. The Bertz CT molecular complexity index is 392. The molecule has 0 atom stereocenters. The molecule has 1 aromatic rings. The van der Waals surface area contributed by atoms with E-state index < -0.39 is 0 Å². The average molecular weight is 294 g/mol. The monoisotopic (exact) mass is 294 g/mol. The zero-order chi connectivity index (χ0) is 15.5. The van der Waals surface area contributed by atoms with Crippen molar-refractivity contribution in [2.45, 2.75) is 40.2 Å². The molecule has 1 rings (SSSR count). The highest BCUT2D eigenvalue weighted by Crippen LogP contribution is 2.26. The van der Waals surface area contributed by atoms with E-state index in [4.69, 9.17) is 4.74 Å². The van der Waals surface area contributed by atoms with Crippen LogP contribution in [0.2, 0.25) is 0 Å². The van der Waals surface area contributed by atoms with Crippen LogP contribution in [0.25, 0.3) is 0 Å². The highest BCUT2D eigenvalue weighted by Gasteiger charge is 2.03. The van der Waals surface area contributed by atoms with Gasteiger partial charge in [-0.25, -0.2) is 0 Å². The van der Waals surface area contributed by atoms with Gasteiger partial charge in [0.05, 0.1) is 6.61 Å². The Balaban J connectivity index is 2.22. The molecule has 0 saturated heterocycles. The van der Waals surface area contributed by atoms with Crippen LogP contribution in [0.4, 0.5) is 0 Å². The Morgan fingerprint density at radius 2 is 1.90 bits per heavy atom. The maximum atomic E-state index is 9.66. The van der Waals surface area contributed by atoms with Gasteiger partial charge in [0.25, 0.3) is 0 Å². The van der Waals surface area contributed by atoms with Gasteiger partial charge in [0, 0.05) is 6.54 Å². The van der Waals surface area contributed by atoms with Gasteiger partial charge in [0.15, 0.2) is 11.5 Å². The summed E-state index contributed by atoms with van der Waals surface area (Å²) in [5, 5.41) is 13.1. The number of unbranched alkanes of at least 4 members (excludes halogenated alkanes) is 1. The number of benzene rings is 1. The smallest absolute Gasteiger partial charge is 0.161 e. The Kier molecular flexibility index (Phi) is 8.87. The van der Waals surface area contributed by atoms with E-state index in [1.54, 1.807) is 6.07 Å². The van der Waals surface area contributed by atoms with E-state index in [2.05, 4.69) is 24.1 Å². The molecule has 0 aliphatic carbocycles. The summed E-state index contributed by atoms with van der Waals surface area (Å²) >= 11 is 0. The molecule has 4 heteroatoms. The first-order valence-electron chi connectivity index (χ1n) is 8.09. The second-order valence-electron chi connectivity index (χ2n) is 5.15. The highest BCUT2D eigenvalue weighted by molar-refractivity contribution is 5.41. The van der Waals surface area contributed by atoms with Gasteiger partial charge < -0.3 is 20.1 Å². The minimum absolute atomic E-state index is 0.208. The minimum Gasteiger partial charge on any atom is -0.504 e. The quantitative estimate of drug-likeness (QED) is 0.616. The van der Waals surface area contributed by atoms with E-state index in [-0.39, 0.29) is 5.75 Å². The average Bonchev–Trinajstić information content (AvgIpc) is 2.50. The standard InChI is InChI=1S/C17H30N2O2/c1-4-19(5-2)12-8-7-11-18-14-15-9-10-16(20)17(13-15)21-6-3/h9-10,13,18,20H,4-8,11-12,14H2,1-3H3. The Morgan fingerprint density at radius 1 is 1.14 bits per heavy atom. The summed E-state index contributed by atoms with van der Waals surface area (Å²) < 4.78 is 5.39. The molecule has 120 valence electrons. The van der Waals surface area contributed by atoms with Crippen LogP contribution in [-0.2, 0) is 6.54 Å². The molecule has 0 aromatic heterocycles. The molecule has 21 heavy (non-hydrogen) atoms. The first-order chi connectivity index (χ1) is 10.2. The first kappa shape index (κ1) is 17.8. The number of ether oxygens (including phenoxy) is 1. The molecule has 2 N–H and O–H groups in total. The molecule has 0 fully saturated rings. The van der Waals surface area contributed by atoms with Crippen molar-refractivity contribution in [3.05, 3.63) is 23.8 Å². The fraction of sp³-hybridized carbons (Fsp3) is 0.647. The molecule has 0 radical (unpaired) electrons. The summed E-state index contributed by atoms with van der Waals surface area (Å²) in [6.07, 6.45) is 2.42. The molecule has 0 aliphatic heterocycles. The van der Waals surface area contributed by atoms with Gasteiger partial charge >= 0.3 is 0 Å². The summed E-state index contributed by atoms with van der Waals surface area (Å²) in [7, 11) is 0. The number of nitrogens with zero attached hydrogens (tertiary/aromatic N) is 1. The van der Waals surface area contributed by atoms with Crippen LogP contribution >= 0.6 is 0 Å².